The van der Waals surface area contributed by atoms with Gasteiger partial charge in [-0.2, -0.15) is 0 Å². The second kappa shape index (κ2) is 8.45. The summed E-state index contributed by atoms with van der Waals surface area (Å²) in [5.74, 6) is 0.645. The van der Waals surface area contributed by atoms with Crippen molar-refractivity contribution in [3.05, 3.63) is 46.5 Å². The summed E-state index contributed by atoms with van der Waals surface area (Å²) in [6.07, 6.45) is 2.28. The van der Waals surface area contributed by atoms with Gasteiger partial charge in [-0.15, -0.1) is 11.3 Å². The number of thiazole rings is 1. The number of nitrogens with two attached hydrogens (primary N) is 1. The van der Waals surface area contributed by atoms with Gasteiger partial charge in [-0.1, -0.05) is 24.3 Å². The average Bonchev–Trinajstić information content (AvgIpc) is 3.22. The maximum Gasteiger partial charge on any atom is 0.220 e. The minimum Gasteiger partial charge on any atom is -0.375 e. The van der Waals surface area contributed by atoms with Crippen molar-refractivity contribution in [1.29, 1.82) is 0 Å². The molecule has 25 heavy (non-hydrogen) atoms. The highest BCUT2D eigenvalue weighted by Crippen LogP contribution is 2.19. The first-order valence-corrected chi connectivity index (χ1v) is 9.71. The molecule has 1 aliphatic rings. The van der Waals surface area contributed by atoms with Gasteiger partial charge in [0, 0.05) is 31.4 Å². The van der Waals surface area contributed by atoms with Crippen LogP contribution in [0.15, 0.2) is 29.6 Å². The predicted octanol–water partition coefficient (Wildman–Crippen LogP) is 2.60. The number of amides is 1. The molecule has 1 aliphatic heterocycles. The van der Waals surface area contributed by atoms with Gasteiger partial charge in [0.05, 0.1) is 5.69 Å². The van der Waals surface area contributed by atoms with Crippen molar-refractivity contribution >= 4 is 22.4 Å². The predicted molar refractivity (Wildman–Crippen MR) is 102 cm³/mol. The Balaban J connectivity index is 1.36. The van der Waals surface area contributed by atoms with E-state index in [4.69, 9.17) is 5.73 Å². The Morgan fingerprint density at radius 2 is 2.28 bits per heavy atom. The van der Waals surface area contributed by atoms with Crippen LogP contribution in [0.2, 0.25) is 0 Å². The number of nitrogens with one attached hydrogen (secondary N) is 1. The van der Waals surface area contributed by atoms with E-state index in [9.17, 15) is 4.79 Å². The molecule has 1 unspecified atom stereocenters. The van der Waals surface area contributed by atoms with Crippen LogP contribution in [0.5, 0.6) is 0 Å². The van der Waals surface area contributed by atoms with Crippen LogP contribution in [0.4, 0.5) is 5.13 Å². The Bertz CT molecular complexity index is 715. The number of benzene rings is 1. The van der Waals surface area contributed by atoms with Crippen molar-refractivity contribution in [2.75, 3.05) is 25.4 Å². The van der Waals surface area contributed by atoms with Crippen molar-refractivity contribution in [2.45, 2.75) is 32.7 Å². The molecule has 1 amide bonds. The SMILES string of the molecule is Cc1ccccc1CN1CCC(CNC(=O)CCc2csc(N)n2)C1. The molecule has 2 heterocycles. The first-order chi connectivity index (χ1) is 12.1. The molecule has 0 radical (unpaired) electrons. The van der Waals surface area contributed by atoms with E-state index in [0.717, 1.165) is 38.3 Å². The van der Waals surface area contributed by atoms with Crippen LogP contribution >= 0.6 is 11.3 Å². The molecule has 0 aliphatic carbocycles. The second-order valence-electron chi connectivity index (χ2n) is 6.80. The van der Waals surface area contributed by atoms with Crippen LogP contribution in [-0.4, -0.2) is 35.4 Å². The Morgan fingerprint density at radius 3 is 3.04 bits per heavy atom. The van der Waals surface area contributed by atoms with Gasteiger partial charge >= 0.3 is 0 Å². The number of aromatic nitrogens is 1. The fourth-order valence-electron chi connectivity index (χ4n) is 3.28. The minimum absolute atomic E-state index is 0.101. The normalized spacial score (nSPS) is 17.7. The van der Waals surface area contributed by atoms with Crippen LogP contribution in [0, 0.1) is 12.8 Å². The molecule has 3 N–H and O–H groups in total. The van der Waals surface area contributed by atoms with Gasteiger partial charge in [0.2, 0.25) is 5.91 Å². The van der Waals surface area contributed by atoms with Gasteiger partial charge in [-0.05, 0) is 43.4 Å². The highest BCUT2D eigenvalue weighted by molar-refractivity contribution is 7.13. The number of nitrogens with zero attached hydrogens (tertiary/aromatic N) is 2. The molecule has 1 atom stereocenters. The molecule has 1 fully saturated rings. The topological polar surface area (TPSA) is 71.2 Å². The molecule has 3 rings (SSSR count). The van der Waals surface area contributed by atoms with E-state index >= 15 is 0 Å². The molecule has 2 aromatic rings. The number of hydrogen-bond acceptors (Lipinski definition) is 5. The van der Waals surface area contributed by atoms with Gasteiger partial charge in [0.15, 0.2) is 5.13 Å². The summed E-state index contributed by atoms with van der Waals surface area (Å²) in [4.78, 5) is 18.7. The summed E-state index contributed by atoms with van der Waals surface area (Å²) in [6.45, 7) is 6.09. The summed E-state index contributed by atoms with van der Waals surface area (Å²) in [6, 6.07) is 8.56. The van der Waals surface area contributed by atoms with Crippen LogP contribution in [0.3, 0.4) is 0 Å². The first kappa shape index (κ1) is 17.9. The molecule has 5 nitrogen and oxygen atoms in total. The Labute approximate surface area is 153 Å². The standard InChI is InChI=1S/C19H26N4OS/c1-14-4-2-3-5-16(14)12-23-9-8-15(11-23)10-21-18(24)7-6-17-13-25-19(20)22-17/h2-5,13,15H,6-12H2,1H3,(H2,20,22)(H,21,24). The lowest BCUT2D eigenvalue weighted by Crippen LogP contribution is -2.31. The van der Waals surface area contributed by atoms with Gasteiger partial charge in [0.25, 0.3) is 0 Å². The van der Waals surface area contributed by atoms with Crippen molar-refractivity contribution < 1.29 is 4.79 Å². The maximum absolute atomic E-state index is 12.0. The maximum atomic E-state index is 12.0. The molecule has 0 saturated carbocycles. The van der Waals surface area contributed by atoms with E-state index < -0.39 is 0 Å². The van der Waals surface area contributed by atoms with Crippen LogP contribution in [0.1, 0.15) is 29.7 Å². The number of hydrogen-bond donors (Lipinski definition) is 2. The fourth-order valence-corrected chi connectivity index (χ4v) is 3.87. The second-order valence-corrected chi connectivity index (χ2v) is 7.69. The van der Waals surface area contributed by atoms with Crippen LogP contribution in [-0.2, 0) is 17.8 Å². The summed E-state index contributed by atoms with van der Waals surface area (Å²) >= 11 is 1.42. The fraction of sp³-hybridized carbons (Fsp3) is 0.474. The van der Waals surface area contributed by atoms with Gasteiger partial charge in [-0.3, -0.25) is 9.69 Å². The number of likely N-dealkylation sites (tertiary alicyclic amines) is 1. The summed E-state index contributed by atoms with van der Waals surface area (Å²) in [5.41, 5.74) is 9.26. The third-order valence-corrected chi connectivity index (χ3v) is 5.51. The minimum atomic E-state index is 0.101. The summed E-state index contributed by atoms with van der Waals surface area (Å²) < 4.78 is 0. The first-order valence-electron chi connectivity index (χ1n) is 8.83. The monoisotopic (exact) mass is 358 g/mol. The van der Waals surface area contributed by atoms with E-state index in [1.807, 2.05) is 5.38 Å². The lowest BCUT2D eigenvalue weighted by Gasteiger charge is -2.17. The largest absolute Gasteiger partial charge is 0.375 e. The van der Waals surface area contributed by atoms with Gasteiger partial charge in [0.1, 0.15) is 0 Å². The van der Waals surface area contributed by atoms with Gasteiger partial charge in [-0.25, -0.2) is 4.98 Å². The zero-order chi connectivity index (χ0) is 17.6. The Kier molecular flexibility index (Phi) is 6.04. The molecule has 134 valence electrons. The van der Waals surface area contributed by atoms with E-state index in [1.54, 1.807) is 0 Å². The molecule has 0 bridgehead atoms. The lowest BCUT2D eigenvalue weighted by molar-refractivity contribution is -0.121. The van der Waals surface area contributed by atoms with E-state index in [-0.39, 0.29) is 5.91 Å². The number of aryl methyl sites for hydroxylation is 2. The van der Waals surface area contributed by atoms with Crippen molar-refractivity contribution in [3.8, 4) is 0 Å². The number of nitrogen functional groups attached to an aromatic ring is 1. The average molecular weight is 359 g/mol. The molecule has 1 aromatic carbocycles. The molecule has 1 aromatic heterocycles. The highest BCUT2D eigenvalue weighted by atomic mass is 32.1. The van der Waals surface area contributed by atoms with E-state index in [1.165, 1.54) is 22.5 Å². The Hall–Kier alpha value is -1.92. The Morgan fingerprint density at radius 1 is 1.44 bits per heavy atom. The lowest BCUT2D eigenvalue weighted by atomic mass is 10.1. The van der Waals surface area contributed by atoms with E-state index in [2.05, 4.69) is 46.4 Å². The number of anilines is 1. The van der Waals surface area contributed by atoms with Crippen LogP contribution in [0.25, 0.3) is 0 Å². The third kappa shape index (κ3) is 5.28. The number of carbonyl (C=O) groups is 1. The molecular weight excluding hydrogens is 332 g/mol. The van der Waals surface area contributed by atoms with Crippen molar-refractivity contribution in [3.63, 3.8) is 0 Å². The smallest absolute Gasteiger partial charge is 0.220 e. The summed E-state index contributed by atoms with van der Waals surface area (Å²) in [5, 5.41) is 5.56. The molecule has 0 spiro atoms. The van der Waals surface area contributed by atoms with E-state index in [0.29, 0.717) is 23.9 Å². The molecule has 6 heteroatoms. The highest BCUT2D eigenvalue weighted by Gasteiger charge is 2.23. The van der Waals surface area contributed by atoms with Crippen LogP contribution < -0.4 is 11.1 Å². The number of rotatable bonds is 7. The quantitative estimate of drug-likeness (QED) is 0.798. The third-order valence-electron chi connectivity index (χ3n) is 4.79. The van der Waals surface area contributed by atoms with Crippen molar-refractivity contribution in [2.24, 2.45) is 5.92 Å². The van der Waals surface area contributed by atoms with Crippen molar-refractivity contribution in [1.82, 2.24) is 15.2 Å². The van der Waals surface area contributed by atoms with Gasteiger partial charge < -0.3 is 11.1 Å². The molecule has 1 saturated heterocycles. The summed E-state index contributed by atoms with van der Waals surface area (Å²) in [7, 11) is 0. The molecular formula is C19H26N4OS. The number of carbonyl (C=O) groups excluding carboxylic acids is 1. The zero-order valence-electron chi connectivity index (χ0n) is 14.7. The zero-order valence-corrected chi connectivity index (χ0v) is 15.5.